The van der Waals surface area contributed by atoms with Crippen LogP contribution in [0.4, 0.5) is 0 Å². The Hall–Kier alpha value is -0.0800. The fourth-order valence-corrected chi connectivity index (χ4v) is 8.12. The van der Waals surface area contributed by atoms with Crippen LogP contribution < -0.4 is 0 Å². The number of hydrogen-bond acceptors (Lipinski definition) is 2. The molecule has 4 saturated carbocycles. The third-order valence-corrected chi connectivity index (χ3v) is 9.42. The highest BCUT2D eigenvalue weighted by molar-refractivity contribution is 5.07. The van der Waals surface area contributed by atoms with Gasteiger partial charge < -0.3 is 10.2 Å². The molecule has 9 atom stereocenters. The number of rotatable bonds is 2. The van der Waals surface area contributed by atoms with Gasteiger partial charge in [0, 0.05) is 0 Å². The number of hydrogen-bond donors (Lipinski definition) is 2. The molecular weight excluding hydrogens is 296 g/mol. The normalized spacial score (nSPS) is 55.4. The lowest BCUT2D eigenvalue weighted by Crippen LogP contribution is -2.51. The van der Waals surface area contributed by atoms with Crippen molar-refractivity contribution in [2.45, 2.75) is 96.7 Å². The van der Waals surface area contributed by atoms with E-state index in [-0.39, 0.29) is 11.7 Å². The second kappa shape index (κ2) is 5.98. The van der Waals surface area contributed by atoms with Crippen molar-refractivity contribution in [3.8, 4) is 0 Å². The van der Waals surface area contributed by atoms with E-state index < -0.39 is 0 Å². The lowest BCUT2D eigenvalue weighted by atomic mass is 9.48. The van der Waals surface area contributed by atoms with Gasteiger partial charge in [0.05, 0.1) is 11.7 Å². The van der Waals surface area contributed by atoms with E-state index in [2.05, 4.69) is 13.8 Å². The van der Waals surface area contributed by atoms with Crippen molar-refractivity contribution in [1.82, 2.24) is 0 Å². The van der Waals surface area contributed by atoms with E-state index in [4.69, 9.17) is 0 Å². The average Bonchev–Trinajstić information content (AvgIpc) is 2.91. The van der Waals surface area contributed by atoms with Crippen LogP contribution in [0.2, 0.25) is 0 Å². The molecule has 0 aromatic carbocycles. The van der Waals surface area contributed by atoms with Crippen molar-refractivity contribution >= 4 is 0 Å². The zero-order chi connectivity index (χ0) is 17.1. The van der Waals surface area contributed by atoms with Crippen molar-refractivity contribution in [2.24, 2.45) is 40.9 Å². The lowest BCUT2D eigenvalue weighted by Gasteiger charge is -2.57. The maximum Gasteiger partial charge on any atom is 0.0648 e. The average molecular weight is 335 g/mol. The van der Waals surface area contributed by atoms with Crippen LogP contribution in [-0.4, -0.2) is 21.9 Å². The molecule has 4 rings (SSSR count). The van der Waals surface area contributed by atoms with Crippen LogP contribution in [0.15, 0.2) is 0 Å². The number of fused-ring (bicyclic) bond motifs is 5. The van der Waals surface area contributed by atoms with Crippen molar-refractivity contribution in [1.29, 1.82) is 0 Å². The summed E-state index contributed by atoms with van der Waals surface area (Å²) >= 11 is 0. The third-order valence-electron chi connectivity index (χ3n) is 9.42. The predicted molar refractivity (Wildman–Crippen MR) is 97.5 cm³/mol. The molecule has 0 aliphatic heterocycles. The molecule has 0 bridgehead atoms. The zero-order valence-corrected chi connectivity index (χ0v) is 16.0. The molecule has 1 unspecified atom stereocenters. The monoisotopic (exact) mass is 334 g/mol. The molecule has 4 aliphatic rings. The lowest BCUT2D eigenvalue weighted by molar-refractivity contribution is -0.112. The summed E-state index contributed by atoms with van der Waals surface area (Å²) < 4.78 is 0. The minimum atomic E-state index is -0.359. The predicted octanol–water partition coefficient (Wildman–Crippen LogP) is 4.78. The van der Waals surface area contributed by atoms with Crippen molar-refractivity contribution in [3.05, 3.63) is 0 Å². The van der Waals surface area contributed by atoms with Gasteiger partial charge in [-0.3, -0.25) is 0 Å². The highest BCUT2D eigenvalue weighted by Crippen LogP contribution is 2.65. The first-order valence-electron chi connectivity index (χ1n) is 10.8. The van der Waals surface area contributed by atoms with Gasteiger partial charge in [-0.1, -0.05) is 13.8 Å². The van der Waals surface area contributed by atoms with Crippen molar-refractivity contribution in [3.63, 3.8) is 0 Å². The van der Waals surface area contributed by atoms with Crippen LogP contribution in [0.1, 0.15) is 85.0 Å². The molecule has 2 heteroatoms. The van der Waals surface area contributed by atoms with Crippen LogP contribution in [0.25, 0.3) is 0 Å². The SMILES string of the molecule is CC[C@@]1(O)CC[C@H]2[C@H](CC[C@@H]3[C@@H]2CC[C@]2(C)[C@@H](C(C)O)CC[C@@H]32)C1. The number of aliphatic hydroxyl groups excluding tert-OH is 1. The van der Waals surface area contributed by atoms with Crippen LogP contribution in [0, 0.1) is 40.9 Å². The Bertz CT molecular complexity index is 475. The molecule has 4 fully saturated rings. The van der Waals surface area contributed by atoms with Gasteiger partial charge in [0.2, 0.25) is 0 Å². The summed E-state index contributed by atoms with van der Waals surface area (Å²) in [6.45, 7) is 6.68. The molecule has 0 radical (unpaired) electrons. The van der Waals surface area contributed by atoms with Crippen LogP contribution in [0.5, 0.6) is 0 Å². The summed E-state index contributed by atoms with van der Waals surface area (Å²) in [5.41, 5.74) is 0.0307. The molecular formula is C22H38O2. The smallest absolute Gasteiger partial charge is 0.0648 e. The molecule has 0 aromatic heterocycles. The summed E-state index contributed by atoms with van der Waals surface area (Å²) in [5, 5.41) is 21.1. The van der Waals surface area contributed by atoms with E-state index in [9.17, 15) is 10.2 Å². The molecule has 0 heterocycles. The van der Waals surface area contributed by atoms with Crippen LogP contribution in [0.3, 0.4) is 0 Å². The number of aliphatic hydroxyl groups is 2. The first kappa shape index (κ1) is 17.3. The van der Waals surface area contributed by atoms with E-state index in [1.165, 1.54) is 44.9 Å². The Balaban J connectivity index is 1.53. The highest BCUT2D eigenvalue weighted by Gasteiger charge is 2.58. The molecule has 138 valence electrons. The second-order valence-corrected chi connectivity index (χ2v) is 10.2. The molecule has 24 heavy (non-hydrogen) atoms. The Morgan fingerprint density at radius 3 is 2.42 bits per heavy atom. The van der Waals surface area contributed by atoms with Gasteiger partial charge in [-0.15, -0.1) is 0 Å². The van der Waals surface area contributed by atoms with E-state index in [1.807, 2.05) is 6.92 Å². The van der Waals surface area contributed by atoms with Gasteiger partial charge in [-0.05, 0) is 112 Å². The summed E-state index contributed by atoms with van der Waals surface area (Å²) in [6, 6.07) is 0. The second-order valence-electron chi connectivity index (χ2n) is 10.2. The standard InChI is InChI=1S/C22H38O2/c1-4-22(24)12-10-16-15(13-22)5-6-18-17(16)9-11-21(3)19(14(2)23)7-8-20(18)21/h14-20,23-24H,4-13H2,1-3H3/t14?,15-,16+,17-,18-,19-,20+,21-,22-/m1/s1. The first-order chi connectivity index (χ1) is 11.4. The van der Waals surface area contributed by atoms with Crippen molar-refractivity contribution in [2.75, 3.05) is 0 Å². The summed E-state index contributed by atoms with van der Waals surface area (Å²) in [5.74, 6) is 4.85. The molecule has 2 N–H and O–H groups in total. The third kappa shape index (κ3) is 2.50. The Labute approximate surface area is 148 Å². The quantitative estimate of drug-likeness (QED) is 0.763. The zero-order valence-electron chi connectivity index (χ0n) is 16.0. The van der Waals surface area contributed by atoms with Gasteiger partial charge in [0.1, 0.15) is 0 Å². The Morgan fingerprint density at radius 1 is 0.958 bits per heavy atom. The molecule has 0 amide bonds. The Morgan fingerprint density at radius 2 is 1.71 bits per heavy atom. The summed E-state index contributed by atoms with van der Waals surface area (Å²) in [6.07, 6.45) is 12.2. The maximum absolute atomic E-state index is 10.8. The molecule has 4 aliphatic carbocycles. The van der Waals surface area contributed by atoms with Crippen LogP contribution >= 0.6 is 0 Å². The minimum absolute atomic E-state index is 0.137. The van der Waals surface area contributed by atoms with Gasteiger partial charge >= 0.3 is 0 Å². The topological polar surface area (TPSA) is 40.5 Å². The molecule has 0 spiro atoms. The van der Waals surface area contributed by atoms with Gasteiger partial charge in [-0.25, -0.2) is 0 Å². The van der Waals surface area contributed by atoms with E-state index in [0.29, 0.717) is 11.3 Å². The summed E-state index contributed by atoms with van der Waals surface area (Å²) in [7, 11) is 0. The van der Waals surface area contributed by atoms with Crippen LogP contribution in [-0.2, 0) is 0 Å². The maximum atomic E-state index is 10.8. The fraction of sp³-hybridized carbons (Fsp3) is 1.00. The van der Waals surface area contributed by atoms with Gasteiger partial charge in [0.25, 0.3) is 0 Å². The van der Waals surface area contributed by atoms with E-state index >= 15 is 0 Å². The van der Waals surface area contributed by atoms with Crippen molar-refractivity contribution < 1.29 is 10.2 Å². The van der Waals surface area contributed by atoms with Gasteiger partial charge in [0.15, 0.2) is 0 Å². The van der Waals surface area contributed by atoms with E-state index in [1.54, 1.807) is 0 Å². The summed E-state index contributed by atoms with van der Waals surface area (Å²) in [4.78, 5) is 0. The van der Waals surface area contributed by atoms with Gasteiger partial charge in [-0.2, -0.15) is 0 Å². The first-order valence-corrected chi connectivity index (χ1v) is 10.8. The van der Waals surface area contributed by atoms with E-state index in [0.717, 1.165) is 48.9 Å². The fourth-order valence-electron chi connectivity index (χ4n) is 8.12. The largest absolute Gasteiger partial charge is 0.393 e. The molecule has 0 aromatic rings. The minimum Gasteiger partial charge on any atom is -0.393 e. The highest BCUT2D eigenvalue weighted by atomic mass is 16.3. The molecule has 2 nitrogen and oxygen atoms in total. The Kier molecular flexibility index (Phi) is 4.32. The molecule has 0 saturated heterocycles.